The van der Waals surface area contributed by atoms with E-state index in [1.807, 2.05) is 0 Å². The number of fused-ring (bicyclic) bond motifs is 1. The van der Waals surface area contributed by atoms with E-state index in [2.05, 4.69) is 29.6 Å². The Hall–Kier alpha value is -1.02. The maximum absolute atomic E-state index is 5.74. The molecule has 104 valence electrons. The molecule has 0 radical (unpaired) electrons. The summed E-state index contributed by atoms with van der Waals surface area (Å²) < 4.78 is 5.74. The Labute approximate surface area is 116 Å². The normalized spacial score (nSPS) is 24.3. The lowest BCUT2D eigenvalue weighted by molar-refractivity contribution is 0.261. The third-order valence-corrected chi connectivity index (χ3v) is 4.59. The zero-order chi connectivity index (χ0) is 12.9. The first-order valence-electron chi connectivity index (χ1n) is 7.88. The molecule has 1 atom stereocenters. The highest BCUT2D eigenvalue weighted by molar-refractivity contribution is 5.37. The number of hydrogen-bond donors (Lipinski definition) is 1. The summed E-state index contributed by atoms with van der Waals surface area (Å²) in [6.07, 6.45) is 9.55. The van der Waals surface area contributed by atoms with Crippen LogP contribution in [0.4, 0.5) is 0 Å². The molecule has 1 unspecified atom stereocenters. The van der Waals surface area contributed by atoms with Crippen LogP contribution in [0.5, 0.6) is 5.75 Å². The number of nitrogens with one attached hydrogen (secondary N) is 1. The standard InChI is InChI=1S/C17H25NO/c1-2-4-8-15(7-3-1)18-13-14-11-12-19-17-10-6-5-9-16(14)17/h5-6,9-10,14-15,18H,1-4,7-8,11-13H2. The number of ether oxygens (including phenoxy) is 1. The minimum Gasteiger partial charge on any atom is -0.493 e. The molecule has 1 heterocycles. The van der Waals surface area contributed by atoms with Gasteiger partial charge in [0.1, 0.15) is 5.75 Å². The maximum Gasteiger partial charge on any atom is 0.122 e. The lowest BCUT2D eigenvalue weighted by atomic mass is 9.92. The molecule has 2 heteroatoms. The molecule has 19 heavy (non-hydrogen) atoms. The number of rotatable bonds is 3. The molecule has 3 rings (SSSR count). The molecular weight excluding hydrogens is 234 g/mol. The SMILES string of the molecule is c1ccc2c(c1)OCCC2CNC1CCCCCC1. The first kappa shape index (κ1) is 13.0. The fraction of sp³-hybridized carbons (Fsp3) is 0.647. The van der Waals surface area contributed by atoms with Gasteiger partial charge in [-0.1, -0.05) is 43.9 Å². The summed E-state index contributed by atoms with van der Waals surface area (Å²) in [4.78, 5) is 0. The zero-order valence-electron chi connectivity index (χ0n) is 11.7. The van der Waals surface area contributed by atoms with Crippen molar-refractivity contribution in [3.8, 4) is 5.75 Å². The average molecular weight is 259 g/mol. The summed E-state index contributed by atoms with van der Waals surface area (Å²) in [7, 11) is 0. The molecule has 1 saturated carbocycles. The van der Waals surface area contributed by atoms with E-state index in [4.69, 9.17) is 4.74 Å². The van der Waals surface area contributed by atoms with Crippen LogP contribution in [0.15, 0.2) is 24.3 Å². The predicted octanol–water partition coefficient (Wildman–Crippen LogP) is 3.87. The Kier molecular flexibility index (Phi) is 4.39. The van der Waals surface area contributed by atoms with Crippen LogP contribution in [0, 0.1) is 0 Å². The molecule has 0 saturated heterocycles. The van der Waals surface area contributed by atoms with Gasteiger partial charge in [0.05, 0.1) is 6.61 Å². The molecule has 1 aliphatic heterocycles. The van der Waals surface area contributed by atoms with Gasteiger partial charge >= 0.3 is 0 Å². The van der Waals surface area contributed by atoms with Crippen molar-refractivity contribution in [1.82, 2.24) is 5.32 Å². The Morgan fingerprint density at radius 2 is 1.79 bits per heavy atom. The van der Waals surface area contributed by atoms with Crippen molar-refractivity contribution in [2.24, 2.45) is 0 Å². The summed E-state index contributed by atoms with van der Waals surface area (Å²) in [6, 6.07) is 9.28. The molecule has 1 aromatic carbocycles. The molecular formula is C17H25NO. The van der Waals surface area contributed by atoms with Gasteiger partial charge < -0.3 is 10.1 Å². The van der Waals surface area contributed by atoms with Crippen molar-refractivity contribution in [1.29, 1.82) is 0 Å². The van der Waals surface area contributed by atoms with Crippen LogP contribution >= 0.6 is 0 Å². The highest BCUT2D eigenvalue weighted by atomic mass is 16.5. The van der Waals surface area contributed by atoms with Crippen LogP contribution in [0.25, 0.3) is 0 Å². The van der Waals surface area contributed by atoms with Crippen molar-refractivity contribution in [3.63, 3.8) is 0 Å². The van der Waals surface area contributed by atoms with Gasteiger partial charge in [-0.2, -0.15) is 0 Å². The maximum atomic E-state index is 5.74. The highest BCUT2D eigenvalue weighted by Crippen LogP contribution is 2.33. The minimum absolute atomic E-state index is 0.633. The molecule has 1 N–H and O–H groups in total. The van der Waals surface area contributed by atoms with E-state index < -0.39 is 0 Å². The van der Waals surface area contributed by atoms with Gasteiger partial charge in [0, 0.05) is 18.5 Å². The average Bonchev–Trinajstić information content (AvgIpc) is 2.74. The zero-order valence-corrected chi connectivity index (χ0v) is 11.7. The second kappa shape index (κ2) is 6.42. The van der Waals surface area contributed by atoms with Gasteiger partial charge in [0.2, 0.25) is 0 Å². The van der Waals surface area contributed by atoms with E-state index in [0.717, 1.165) is 31.4 Å². The molecule has 1 aliphatic carbocycles. The van der Waals surface area contributed by atoms with E-state index in [0.29, 0.717) is 5.92 Å². The topological polar surface area (TPSA) is 21.3 Å². The Morgan fingerprint density at radius 1 is 1.00 bits per heavy atom. The second-order valence-electron chi connectivity index (χ2n) is 5.97. The minimum atomic E-state index is 0.633. The monoisotopic (exact) mass is 259 g/mol. The first-order chi connectivity index (χ1) is 9.43. The van der Waals surface area contributed by atoms with Crippen LogP contribution in [0.3, 0.4) is 0 Å². The molecule has 2 aliphatic rings. The summed E-state index contributed by atoms with van der Waals surface area (Å²) in [5.74, 6) is 1.73. The molecule has 0 bridgehead atoms. The molecule has 2 nitrogen and oxygen atoms in total. The highest BCUT2D eigenvalue weighted by Gasteiger charge is 2.22. The third kappa shape index (κ3) is 3.30. The third-order valence-electron chi connectivity index (χ3n) is 4.59. The lowest BCUT2D eigenvalue weighted by Gasteiger charge is -2.28. The van der Waals surface area contributed by atoms with Gasteiger partial charge in [0.15, 0.2) is 0 Å². The summed E-state index contributed by atoms with van der Waals surface area (Å²) in [5, 5.41) is 3.82. The molecule has 1 aromatic rings. The summed E-state index contributed by atoms with van der Waals surface area (Å²) >= 11 is 0. The van der Waals surface area contributed by atoms with Gasteiger partial charge in [0.25, 0.3) is 0 Å². The van der Waals surface area contributed by atoms with Crippen molar-refractivity contribution in [2.45, 2.75) is 56.9 Å². The Morgan fingerprint density at radius 3 is 2.63 bits per heavy atom. The largest absolute Gasteiger partial charge is 0.493 e. The number of hydrogen-bond acceptors (Lipinski definition) is 2. The molecule has 0 aromatic heterocycles. The van der Waals surface area contributed by atoms with Crippen LogP contribution in [0.1, 0.15) is 56.4 Å². The van der Waals surface area contributed by atoms with Crippen LogP contribution < -0.4 is 10.1 Å². The van der Waals surface area contributed by atoms with Crippen molar-refractivity contribution in [2.75, 3.05) is 13.2 Å². The van der Waals surface area contributed by atoms with Crippen molar-refractivity contribution >= 4 is 0 Å². The van der Waals surface area contributed by atoms with E-state index in [9.17, 15) is 0 Å². The predicted molar refractivity (Wildman–Crippen MR) is 78.8 cm³/mol. The number of para-hydroxylation sites is 1. The number of benzene rings is 1. The van der Waals surface area contributed by atoms with Crippen LogP contribution in [0.2, 0.25) is 0 Å². The first-order valence-corrected chi connectivity index (χ1v) is 7.88. The smallest absolute Gasteiger partial charge is 0.122 e. The van der Waals surface area contributed by atoms with E-state index in [-0.39, 0.29) is 0 Å². The second-order valence-corrected chi connectivity index (χ2v) is 5.97. The van der Waals surface area contributed by atoms with Crippen molar-refractivity contribution in [3.05, 3.63) is 29.8 Å². The summed E-state index contributed by atoms with van der Waals surface area (Å²) in [5.41, 5.74) is 1.40. The Balaban J connectivity index is 1.58. The Bertz CT molecular complexity index is 396. The van der Waals surface area contributed by atoms with Crippen LogP contribution in [-0.2, 0) is 0 Å². The van der Waals surface area contributed by atoms with E-state index >= 15 is 0 Å². The van der Waals surface area contributed by atoms with Gasteiger partial charge in [-0.05, 0) is 30.9 Å². The fourth-order valence-corrected chi connectivity index (χ4v) is 3.42. The quantitative estimate of drug-likeness (QED) is 0.832. The van der Waals surface area contributed by atoms with E-state index in [1.54, 1.807) is 0 Å². The van der Waals surface area contributed by atoms with E-state index in [1.165, 1.54) is 44.1 Å². The fourth-order valence-electron chi connectivity index (χ4n) is 3.42. The molecule has 0 spiro atoms. The lowest BCUT2D eigenvalue weighted by Crippen LogP contribution is -2.33. The van der Waals surface area contributed by atoms with Gasteiger partial charge in [-0.15, -0.1) is 0 Å². The molecule has 1 fully saturated rings. The van der Waals surface area contributed by atoms with Gasteiger partial charge in [-0.25, -0.2) is 0 Å². The molecule has 0 amide bonds. The van der Waals surface area contributed by atoms with Crippen molar-refractivity contribution < 1.29 is 4.74 Å². The van der Waals surface area contributed by atoms with Gasteiger partial charge in [-0.3, -0.25) is 0 Å². The summed E-state index contributed by atoms with van der Waals surface area (Å²) in [6.45, 7) is 1.99. The van der Waals surface area contributed by atoms with Crippen LogP contribution in [-0.4, -0.2) is 19.2 Å².